The van der Waals surface area contributed by atoms with Gasteiger partial charge in [-0.25, -0.2) is 4.68 Å². The smallest absolute Gasteiger partial charge is 0.251 e. The van der Waals surface area contributed by atoms with Crippen molar-refractivity contribution in [1.82, 2.24) is 15.1 Å². The van der Waals surface area contributed by atoms with Crippen molar-refractivity contribution in [3.8, 4) is 17.2 Å². The summed E-state index contributed by atoms with van der Waals surface area (Å²) in [6.45, 7) is 2.30. The molecule has 134 valence electrons. The van der Waals surface area contributed by atoms with Gasteiger partial charge in [-0.1, -0.05) is 12.1 Å². The van der Waals surface area contributed by atoms with Gasteiger partial charge in [0.1, 0.15) is 11.5 Å². The van der Waals surface area contributed by atoms with Gasteiger partial charge in [-0.3, -0.25) is 4.79 Å². The van der Waals surface area contributed by atoms with E-state index in [0.29, 0.717) is 23.6 Å². The number of ether oxygens (including phenoxy) is 2. The highest BCUT2D eigenvalue weighted by Gasteiger charge is 2.13. The molecule has 0 spiro atoms. The molecule has 0 aliphatic carbocycles. The Hall–Kier alpha value is -3.28. The Balaban J connectivity index is 1.74. The van der Waals surface area contributed by atoms with Crippen LogP contribution in [0.4, 0.5) is 0 Å². The van der Waals surface area contributed by atoms with Crippen LogP contribution in [0.1, 0.15) is 21.5 Å². The van der Waals surface area contributed by atoms with E-state index in [0.717, 1.165) is 16.8 Å². The molecule has 0 aliphatic rings. The van der Waals surface area contributed by atoms with Crippen LogP contribution in [0.25, 0.3) is 5.69 Å². The molecule has 1 heterocycles. The summed E-state index contributed by atoms with van der Waals surface area (Å²) in [6.07, 6.45) is 3.61. The monoisotopic (exact) mass is 351 g/mol. The maximum atomic E-state index is 12.5. The van der Waals surface area contributed by atoms with Crippen molar-refractivity contribution in [3.05, 3.63) is 71.5 Å². The molecule has 6 heteroatoms. The van der Waals surface area contributed by atoms with Crippen LogP contribution in [-0.4, -0.2) is 29.9 Å². The molecule has 2 aromatic carbocycles. The predicted molar refractivity (Wildman–Crippen MR) is 99.0 cm³/mol. The van der Waals surface area contributed by atoms with Crippen LogP contribution in [0.2, 0.25) is 0 Å². The van der Waals surface area contributed by atoms with E-state index in [9.17, 15) is 4.79 Å². The number of methoxy groups -OCH3 is 2. The molecule has 3 aromatic rings. The summed E-state index contributed by atoms with van der Waals surface area (Å²) in [6, 6.07) is 13.2. The second-order valence-corrected chi connectivity index (χ2v) is 5.81. The topological polar surface area (TPSA) is 65.4 Å². The molecule has 0 saturated heterocycles. The van der Waals surface area contributed by atoms with E-state index < -0.39 is 0 Å². The fourth-order valence-electron chi connectivity index (χ4n) is 2.73. The van der Waals surface area contributed by atoms with Crippen molar-refractivity contribution in [2.45, 2.75) is 13.5 Å². The molecule has 26 heavy (non-hydrogen) atoms. The fourth-order valence-corrected chi connectivity index (χ4v) is 2.73. The zero-order chi connectivity index (χ0) is 18.5. The number of nitrogens with zero attached hydrogens (tertiary/aromatic N) is 2. The summed E-state index contributed by atoms with van der Waals surface area (Å²) in [5.74, 6) is 1.05. The van der Waals surface area contributed by atoms with Crippen molar-refractivity contribution in [1.29, 1.82) is 0 Å². The van der Waals surface area contributed by atoms with Gasteiger partial charge < -0.3 is 14.8 Å². The van der Waals surface area contributed by atoms with Crippen LogP contribution in [0.15, 0.2) is 54.9 Å². The molecule has 6 nitrogen and oxygen atoms in total. The Bertz CT molecular complexity index is 879. The average molecular weight is 351 g/mol. The second-order valence-electron chi connectivity index (χ2n) is 5.81. The zero-order valence-electron chi connectivity index (χ0n) is 15.0. The molecule has 1 amide bonds. The Morgan fingerprint density at radius 2 is 1.85 bits per heavy atom. The summed E-state index contributed by atoms with van der Waals surface area (Å²) >= 11 is 0. The Labute approximate surface area is 152 Å². The number of benzene rings is 2. The molecular formula is C20H21N3O3. The van der Waals surface area contributed by atoms with Crippen molar-refractivity contribution >= 4 is 5.91 Å². The van der Waals surface area contributed by atoms with E-state index in [2.05, 4.69) is 10.4 Å². The highest BCUT2D eigenvalue weighted by Crippen LogP contribution is 2.29. The third-order valence-corrected chi connectivity index (χ3v) is 4.15. The predicted octanol–water partition coefficient (Wildman–Crippen LogP) is 3.13. The van der Waals surface area contributed by atoms with E-state index in [4.69, 9.17) is 9.47 Å². The number of hydrogen-bond donors (Lipinski definition) is 1. The molecule has 0 radical (unpaired) electrons. The van der Waals surface area contributed by atoms with Crippen molar-refractivity contribution in [2.75, 3.05) is 14.2 Å². The van der Waals surface area contributed by atoms with Crippen molar-refractivity contribution in [3.63, 3.8) is 0 Å². The second kappa shape index (κ2) is 7.74. The summed E-state index contributed by atoms with van der Waals surface area (Å²) in [7, 11) is 3.15. The lowest BCUT2D eigenvalue weighted by atomic mass is 10.1. The molecule has 0 saturated carbocycles. The highest BCUT2D eigenvalue weighted by atomic mass is 16.5. The molecular weight excluding hydrogens is 330 g/mol. The van der Waals surface area contributed by atoms with Gasteiger partial charge >= 0.3 is 0 Å². The minimum Gasteiger partial charge on any atom is -0.496 e. The van der Waals surface area contributed by atoms with Crippen molar-refractivity contribution < 1.29 is 14.3 Å². The molecule has 1 N–H and O–H groups in total. The number of nitrogens with one attached hydrogen (secondary N) is 1. The third-order valence-electron chi connectivity index (χ3n) is 4.15. The molecule has 0 unspecified atom stereocenters. The normalized spacial score (nSPS) is 10.4. The van der Waals surface area contributed by atoms with Crippen molar-refractivity contribution in [2.24, 2.45) is 0 Å². The average Bonchev–Trinajstić information content (AvgIpc) is 3.21. The van der Waals surface area contributed by atoms with E-state index in [1.54, 1.807) is 37.2 Å². The first-order chi connectivity index (χ1) is 12.6. The molecule has 1 aromatic heterocycles. The maximum Gasteiger partial charge on any atom is 0.251 e. The maximum absolute atomic E-state index is 12.5. The van der Waals surface area contributed by atoms with Gasteiger partial charge in [0, 0.05) is 30.1 Å². The Morgan fingerprint density at radius 3 is 2.46 bits per heavy atom. The molecule has 0 bridgehead atoms. The van der Waals surface area contributed by atoms with Gasteiger partial charge in [0.05, 0.1) is 19.9 Å². The van der Waals surface area contributed by atoms with Gasteiger partial charge in [-0.2, -0.15) is 5.10 Å². The number of aromatic nitrogens is 2. The van der Waals surface area contributed by atoms with Crippen LogP contribution in [0.3, 0.4) is 0 Å². The van der Waals surface area contributed by atoms with E-state index >= 15 is 0 Å². The summed E-state index contributed by atoms with van der Waals surface area (Å²) < 4.78 is 12.4. The number of rotatable bonds is 6. The van der Waals surface area contributed by atoms with Crippen LogP contribution >= 0.6 is 0 Å². The molecule has 0 fully saturated rings. The molecule has 0 aliphatic heterocycles. The minimum absolute atomic E-state index is 0.189. The number of carbonyl (C=O) groups excluding carboxylic acids is 1. The SMILES string of the molecule is COc1cc(C(=O)NCc2cccc(-n3cccn3)c2)cc(OC)c1C. The van der Waals surface area contributed by atoms with Gasteiger partial charge in [0.15, 0.2) is 0 Å². The first-order valence-electron chi connectivity index (χ1n) is 8.22. The lowest BCUT2D eigenvalue weighted by Gasteiger charge is -2.13. The first-order valence-corrected chi connectivity index (χ1v) is 8.22. The zero-order valence-corrected chi connectivity index (χ0v) is 15.0. The van der Waals surface area contributed by atoms with Gasteiger partial charge in [-0.15, -0.1) is 0 Å². The standard InChI is InChI=1S/C20H21N3O3/c1-14-18(25-2)11-16(12-19(14)26-3)20(24)21-13-15-6-4-7-17(10-15)23-9-5-8-22-23/h4-12H,13H2,1-3H3,(H,21,24). The first kappa shape index (κ1) is 17.5. The molecule has 0 atom stereocenters. The number of carbonyl (C=O) groups is 1. The summed E-state index contributed by atoms with van der Waals surface area (Å²) in [4.78, 5) is 12.5. The van der Waals surface area contributed by atoms with Crippen LogP contribution in [-0.2, 0) is 6.54 Å². The fraction of sp³-hybridized carbons (Fsp3) is 0.200. The van der Waals surface area contributed by atoms with E-state index in [1.807, 2.05) is 43.5 Å². The third kappa shape index (κ3) is 3.69. The summed E-state index contributed by atoms with van der Waals surface area (Å²) in [5, 5.41) is 7.15. The van der Waals surface area contributed by atoms with E-state index in [-0.39, 0.29) is 5.91 Å². The Morgan fingerprint density at radius 1 is 1.12 bits per heavy atom. The van der Waals surface area contributed by atoms with Gasteiger partial charge in [0.2, 0.25) is 0 Å². The Kier molecular flexibility index (Phi) is 5.22. The summed E-state index contributed by atoms with van der Waals surface area (Å²) in [5.41, 5.74) is 3.28. The van der Waals surface area contributed by atoms with Crippen LogP contribution in [0.5, 0.6) is 11.5 Å². The highest BCUT2D eigenvalue weighted by molar-refractivity contribution is 5.95. The van der Waals surface area contributed by atoms with E-state index in [1.165, 1.54) is 0 Å². The van der Waals surface area contributed by atoms with Gasteiger partial charge in [-0.05, 0) is 42.8 Å². The lowest BCUT2D eigenvalue weighted by Crippen LogP contribution is -2.23. The number of hydrogen-bond acceptors (Lipinski definition) is 4. The largest absolute Gasteiger partial charge is 0.496 e. The van der Waals surface area contributed by atoms with Gasteiger partial charge in [0.25, 0.3) is 5.91 Å². The molecule has 3 rings (SSSR count). The quantitative estimate of drug-likeness (QED) is 0.741. The van der Waals surface area contributed by atoms with Crippen LogP contribution < -0.4 is 14.8 Å². The van der Waals surface area contributed by atoms with Crippen LogP contribution in [0, 0.1) is 6.92 Å². The lowest BCUT2D eigenvalue weighted by molar-refractivity contribution is 0.0950. The number of amides is 1. The minimum atomic E-state index is -0.189.